The summed E-state index contributed by atoms with van der Waals surface area (Å²) in [4.78, 5) is 9.11. The smallest absolute Gasteiger partial charge is 0.258 e. The number of hydrogen-bond acceptors (Lipinski definition) is 4. The fourth-order valence-corrected chi connectivity index (χ4v) is 3.35. The molecule has 122 valence electrons. The summed E-state index contributed by atoms with van der Waals surface area (Å²) in [6.07, 6.45) is 0. The summed E-state index contributed by atoms with van der Waals surface area (Å²) in [5.41, 5.74) is -0.756. The van der Waals surface area contributed by atoms with Gasteiger partial charge in [0, 0.05) is 13.6 Å². The van der Waals surface area contributed by atoms with Gasteiger partial charge < -0.3 is 0 Å². The normalized spacial score (nSPS) is 11.7. The molecule has 0 saturated carbocycles. The monoisotopic (exact) mass is 342 g/mol. The van der Waals surface area contributed by atoms with E-state index < -0.39 is 37.2 Å². The van der Waals surface area contributed by atoms with Crippen LogP contribution in [0.1, 0.15) is 5.56 Å². The molecule has 0 aliphatic heterocycles. The average molecular weight is 342 g/mol. The van der Waals surface area contributed by atoms with E-state index in [0.717, 1.165) is 28.6 Å². The first kappa shape index (κ1) is 17.0. The molecule has 2 aromatic rings. The molecule has 23 heavy (non-hydrogen) atoms. The van der Waals surface area contributed by atoms with E-state index in [4.69, 9.17) is 0 Å². The van der Waals surface area contributed by atoms with E-state index >= 15 is 0 Å². The minimum Gasteiger partial charge on any atom is -0.258 e. The number of halogens is 2. The van der Waals surface area contributed by atoms with Gasteiger partial charge in [0.05, 0.1) is 4.92 Å². The minimum absolute atomic E-state index is 0.215. The second-order valence-corrected chi connectivity index (χ2v) is 6.75. The van der Waals surface area contributed by atoms with Gasteiger partial charge in [0.15, 0.2) is 4.90 Å². The van der Waals surface area contributed by atoms with Crippen molar-refractivity contribution in [1.82, 2.24) is 4.31 Å². The summed E-state index contributed by atoms with van der Waals surface area (Å²) in [6.45, 7) is -0.215. The average Bonchev–Trinajstić information content (AvgIpc) is 2.46. The van der Waals surface area contributed by atoms with E-state index in [2.05, 4.69) is 0 Å². The van der Waals surface area contributed by atoms with Gasteiger partial charge in [-0.1, -0.05) is 18.2 Å². The van der Waals surface area contributed by atoms with Gasteiger partial charge in [0.2, 0.25) is 15.8 Å². The molecular formula is C14H12F2N2O4S. The summed E-state index contributed by atoms with van der Waals surface area (Å²) in [5, 5.41) is 10.9. The van der Waals surface area contributed by atoms with E-state index in [9.17, 15) is 27.3 Å². The first-order valence-electron chi connectivity index (χ1n) is 6.37. The molecule has 0 spiro atoms. The van der Waals surface area contributed by atoms with E-state index in [1.807, 2.05) is 0 Å². The van der Waals surface area contributed by atoms with Crippen molar-refractivity contribution in [3.05, 3.63) is 69.8 Å². The summed E-state index contributed by atoms with van der Waals surface area (Å²) in [7, 11) is -3.14. The van der Waals surface area contributed by atoms with Gasteiger partial charge in [-0.15, -0.1) is 0 Å². The van der Waals surface area contributed by atoms with Crippen molar-refractivity contribution in [3.8, 4) is 0 Å². The van der Waals surface area contributed by atoms with E-state index in [0.29, 0.717) is 5.56 Å². The maximum atomic E-state index is 13.6. The van der Waals surface area contributed by atoms with Crippen LogP contribution in [0.15, 0.2) is 47.4 Å². The van der Waals surface area contributed by atoms with Crippen LogP contribution < -0.4 is 0 Å². The van der Waals surface area contributed by atoms with Crippen LogP contribution in [0.3, 0.4) is 0 Å². The van der Waals surface area contributed by atoms with Crippen molar-refractivity contribution >= 4 is 15.7 Å². The molecule has 6 nitrogen and oxygen atoms in total. The molecular weight excluding hydrogens is 330 g/mol. The van der Waals surface area contributed by atoms with Crippen LogP contribution in [0.25, 0.3) is 0 Å². The van der Waals surface area contributed by atoms with E-state index in [1.54, 1.807) is 0 Å². The van der Waals surface area contributed by atoms with Crippen LogP contribution in [0.5, 0.6) is 0 Å². The molecule has 0 aliphatic carbocycles. The molecule has 0 bridgehead atoms. The Morgan fingerprint density at radius 2 is 1.83 bits per heavy atom. The van der Waals surface area contributed by atoms with E-state index in [-0.39, 0.29) is 6.54 Å². The molecule has 2 rings (SSSR count). The molecule has 0 amide bonds. The number of para-hydroxylation sites is 1. The van der Waals surface area contributed by atoms with Crippen LogP contribution in [0.2, 0.25) is 0 Å². The fourth-order valence-electron chi connectivity index (χ4n) is 2.03. The zero-order valence-corrected chi connectivity index (χ0v) is 12.8. The third-order valence-electron chi connectivity index (χ3n) is 3.11. The third-order valence-corrected chi connectivity index (χ3v) is 4.95. The van der Waals surface area contributed by atoms with Crippen LogP contribution in [-0.2, 0) is 16.6 Å². The molecule has 2 aromatic carbocycles. The SMILES string of the molecule is CN(Cc1cccc(F)c1)S(=O)(=O)c1cccc(F)c1[N+](=O)[O-]. The van der Waals surface area contributed by atoms with Crippen molar-refractivity contribution < 1.29 is 22.1 Å². The van der Waals surface area contributed by atoms with Crippen molar-refractivity contribution in [1.29, 1.82) is 0 Å². The van der Waals surface area contributed by atoms with Crippen molar-refractivity contribution in [2.75, 3.05) is 7.05 Å². The van der Waals surface area contributed by atoms with Gasteiger partial charge in [0.1, 0.15) is 5.82 Å². The number of nitrogens with zero attached hydrogens (tertiary/aromatic N) is 2. The maximum absolute atomic E-state index is 13.6. The van der Waals surface area contributed by atoms with Gasteiger partial charge >= 0.3 is 5.69 Å². The second kappa shape index (κ2) is 6.39. The lowest BCUT2D eigenvalue weighted by Crippen LogP contribution is -2.27. The summed E-state index contributed by atoms with van der Waals surface area (Å²) >= 11 is 0. The number of rotatable bonds is 5. The van der Waals surface area contributed by atoms with Crippen molar-refractivity contribution in [2.24, 2.45) is 0 Å². The molecule has 0 aromatic heterocycles. The van der Waals surface area contributed by atoms with Gasteiger partial charge in [-0.3, -0.25) is 10.1 Å². The first-order valence-corrected chi connectivity index (χ1v) is 7.81. The summed E-state index contributed by atoms with van der Waals surface area (Å²) in [5.74, 6) is -1.78. The molecule has 9 heteroatoms. The molecule has 0 unspecified atom stereocenters. The zero-order chi connectivity index (χ0) is 17.2. The van der Waals surface area contributed by atoms with Crippen LogP contribution in [0, 0.1) is 21.7 Å². The molecule has 0 saturated heterocycles. The molecule has 0 fully saturated rings. The predicted molar refractivity (Wildman–Crippen MR) is 78.1 cm³/mol. The third kappa shape index (κ3) is 3.51. The van der Waals surface area contributed by atoms with Crippen LogP contribution in [-0.4, -0.2) is 24.7 Å². The summed E-state index contributed by atoms with van der Waals surface area (Å²) in [6, 6.07) is 8.11. The highest BCUT2D eigenvalue weighted by Crippen LogP contribution is 2.29. The fraction of sp³-hybridized carbons (Fsp3) is 0.143. The lowest BCUT2D eigenvalue weighted by molar-refractivity contribution is -0.390. The summed E-state index contributed by atoms with van der Waals surface area (Å²) < 4.78 is 52.5. The second-order valence-electron chi connectivity index (χ2n) is 4.73. The number of sulfonamides is 1. The Bertz CT molecular complexity index is 856. The highest BCUT2D eigenvalue weighted by molar-refractivity contribution is 7.89. The standard InChI is InChI=1S/C14H12F2N2O4S/c1-17(9-10-4-2-5-11(15)8-10)23(21,22)13-7-3-6-12(16)14(13)18(19)20/h2-8H,9H2,1H3. The maximum Gasteiger partial charge on any atom is 0.324 e. The Kier molecular flexibility index (Phi) is 4.71. The molecule has 0 N–H and O–H groups in total. The number of benzene rings is 2. The molecule has 0 atom stereocenters. The van der Waals surface area contributed by atoms with Gasteiger partial charge in [-0.25, -0.2) is 12.8 Å². The Balaban J connectivity index is 2.42. The Labute approximate surface area is 131 Å². The molecule has 0 radical (unpaired) electrons. The first-order chi connectivity index (χ1) is 10.7. The molecule has 0 aliphatic rings. The number of nitro groups is 1. The van der Waals surface area contributed by atoms with Crippen LogP contribution >= 0.6 is 0 Å². The number of nitro benzene ring substituents is 1. The van der Waals surface area contributed by atoms with Gasteiger partial charge in [0.25, 0.3) is 0 Å². The lowest BCUT2D eigenvalue weighted by Gasteiger charge is -2.17. The Morgan fingerprint density at radius 1 is 1.17 bits per heavy atom. The molecule has 0 heterocycles. The Hall–Kier alpha value is -2.39. The zero-order valence-electron chi connectivity index (χ0n) is 11.9. The topological polar surface area (TPSA) is 80.5 Å². The number of hydrogen-bond donors (Lipinski definition) is 0. The minimum atomic E-state index is -4.32. The largest absolute Gasteiger partial charge is 0.324 e. The Morgan fingerprint density at radius 3 is 2.43 bits per heavy atom. The highest BCUT2D eigenvalue weighted by Gasteiger charge is 2.32. The quantitative estimate of drug-likeness (QED) is 0.618. The predicted octanol–water partition coefficient (Wildman–Crippen LogP) is 2.69. The van der Waals surface area contributed by atoms with Gasteiger partial charge in [-0.2, -0.15) is 8.70 Å². The van der Waals surface area contributed by atoms with Crippen molar-refractivity contribution in [2.45, 2.75) is 11.4 Å². The lowest BCUT2D eigenvalue weighted by atomic mass is 10.2. The van der Waals surface area contributed by atoms with E-state index in [1.165, 1.54) is 25.2 Å². The van der Waals surface area contributed by atoms with Gasteiger partial charge in [-0.05, 0) is 29.8 Å². The highest BCUT2D eigenvalue weighted by atomic mass is 32.2. The van der Waals surface area contributed by atoms with Crippen LogP contribution in [0.4, 0.5) is 14.5 Å². The van der Waals surface area contributed by atoms with Crippen molar-refractivity contribution in [3.63, 3.8) is 0 Å².